The fourth-order valence-electron chi connectivity index (χ4n) is 3.11. The van der Waals surface area contributed by atoms with Gasteiger partial charge in [0.2, 0.25) is 0 Å². The average molecular weight is 367 g/mol. The van der Waals surface area contributed by atoms with E-state index in [-0.39, 0.29) is 29.1 Å². The van der Waals surface area contributed by atoms with Gasteiger partial charge in [-0.25, -0.2) is 14.2 Å². The van der Waals surface area contributed by atoms with Crippen molar-refractivity contribution in [1.29, 1.82) is 0 Å². The van der Waals surface area contributed by atoms with Crippen LogP contribution in [0.3, 0.4) is 0 Å². The minimum absolute atomic E-state index is 0.106. The van der Waals surface area contributed by atoms with E-state index in [0.29, 0.717) is 23.1 Å². The Hall–Kier alpha value is -3.35. The maximum atomic E-state index is 13.4. The number of aldehydes is 1. The summed E-state index contributed by atoms with van der Waals surface area (Å²) in [4.78, 5) is 43.6. The van der Waals surface area contributed by atoms with E-state index in [0.717, 1.165) is 0 Å². The summed E-state index contributed by atoms with van der Waals surface area (Å²) in [6.45, 7) is 7.49. The number of hydrogen-bond donors (Lipinski definition) is 1. The third-order valence-electron chi connectivity index (χ3n) is 4.30. The van der Waals surface area contributed by atoms with Gasteiger partial charge in [0.1, 0.15) is 5.82 Å². The smallest absolute Gasteiger partial charge is 0.298 e. The van der Waals surface area contributed by atoms with Crippen LogP contribution in [0.2, 0.25) is 0 Å². The summed E-state index contributed by atoms with van der Waals surface area (Å²) in [6, 6.07) is 5.48. The second-order valence-corrected chi connectivity index (χ2v) is 6.42. The van der Waals surface area contributed by atoms with Crippen LogP contribution < -0.4 is 11.2 Å². The van der Waals surface area contributed by atoms with E-state index in [1.807, 2.05) is 13.8 Å². The molecule has 0 spiro atoms. The van der Waals surface area contributed by atoms with Crippen molar-refractivity contribution in [2.45, 2.75) is 26.3 Å². The Balaban J connectivity index is 2.61. The number of allylic oxidation sites excluding steroid dienone is 1. The lowest BCUT2D eigenvalue weighted by Gasteiger charge is -2.17. The predicted molar refractivity (Wildman–Crippen MR) is 102 cm³/mol. The monoisotopic (exact) mass is 367 g/mol. The van der Waals surface area contributed by atoms with Crippen molar-refractivity contribution in [1.82, 2.24) is 14.5 Å². The number of nitrogens with zero attached hydrogens (tertiary/aromatic N) is 2. The van der Waals surface area contributed by atoms with Crippen molar-refractivity contribution in [3.8, 4) is 11.1 Å². The number of pyridine rings is 1. The van der Waals surface area contributed by atoms with Crippen LogP contribution in [0.1, 0.15) is 35.8 Å². The zero-order valence-electron chi connectivity index (χ0n) is 15.0. The van der Waals surface area contributed by atoms with Gasteiger partial charge in [-0.05, 0) is 23.6 Å². The van der Waals surface area contributed by atoms with Crippen LogP contribution in [0.15, 0.2) is 46.5 Å². The van der Waals surface area contributed by atoms with Crippen LogP contribution in [-0.4, -0.2) is 20.8 Å². The highest BCUT2D eigenvalue weighted by Crippen LogP contribution is 2.32. The normalized spacial score (nSPS) is 11.1. The second-order valence-electron chi connectivity index (χ2n) is 6.42. The zero-order chi connectivity index (χ0) is 19.7. The molecule has 3 rings (SSSR count). The molecule has 2 heterocycles. The highest BCUT2D eigenvalue weighted by molar-refractivity contribution is 6.02. The van der Waals surface area contributed by atoms with E-state index in [1.165, 1.54) is 34.9 Å². The molecule has 0 amide bonds. The summed E-state index contributed by atoms with van der Waals surface area (Å²) < 4.78 is 14.7. The highest BCUT2D eigenvalue weighted by atomic mass is 19.1. The topological polar surface area (TPSA) is 84.8 Å². The molecule has 0 saturated carbocycles. The van der Waals surface area contributed by atoms with Gasteiger partial charge in [-0.15, -0.1) is 6.58 Å². The zero-order valence-corrected chi connectivity index (χ0v) is 15.0. The minimum Gasteiger partial charge on any atom is -0.298 e. The maximum absolute atomic E-state index is 13.4. The van der Waals surface area contributed by atoms with Gasteiger partial charge >= 0.3 is 5.69 Å². The molecule has 0 aliphatic rings. The van der Waals surface area contributed by atoms with Crippen molar-refractivity contribution < 1.29 is 9.18 Å². The molecule has 138 valence electrons. The number of halogens is 1. The molecular formula is C20H18FN3O3. The van der Waals surface area contributed by atoms with Gasteiger partial charge in [-0.1, -0.05) is 32.1 Å². The van der Waals surface area contributed by atoms with E-state index in [4.69, 9.17) is 0 Å². The van der Waals surface area contributed by atoms with Crippen molar-refractivity contribution >= 4 is 17.3 Å². The summed E-state index contributed by atoms with van der Waals surface area (Å²) in [5, 5.41) is 0.106. The van der Waals surface area contributed by atoms with Gasteiger partial charge in [0.05, 0.1) is 11.1 Å². The van der Waals surface area contributed by atoms with Gasteiger partial charge in [-0.3, -0.25) is 19.1 Å². The van der Waals surface area contributed by atoms with E-state index >= 15 is 0 Å². The highest BCUT2D eigenvalue weighted by Gasteiger charge is 2.22. The van der Waals surface area contributed by atoms with Crippen LogP contribution in [0, 0.1) is 5.82 Å². The summed E-state index contributed by atoms with van der Waals surface area (Å²) in [7, 11) is 0. The van der Waals surface area contributed by atoms with Crippen LogP contribution in [0.25, 0.3) is 22.2 Å². The maximum Gasteiger partial charge on any atom is 0.330 e. The Morgan fingerprint density at radius 3 is 2.48 bits per heavy atom. The molecule has 0 aliphatic carbocycles. The number of aromatic nitrogens is 3. The summed E-state index contributed by atoms with van der Waals surface area (Å²) in [5.41, 5.74) is 0.425. The number of hydrogen-bond acceptors (Lipinski definition) is 4. The molecule has 0 radical (unpaired) electrons. The molecule has 0 atom stereocenters. The predicted octanol–water partition coefficient (Wildman–Crippen LogP) is 3.01. The van der Waals surface area contributed by atoms with Crippen molar-refractivity contribution in [3.05, 3.63) is 74.8 Å². The van der Waals surface area contributed by atoms with Crippen molar-refractivity contribution in [3.63, 3.8) is 0 Å². The third-order valence-corrected chi connectivity index (χ3v) is 4.30. The number of benzene rings is 1. The number of fused-ring (bicyclic) bond motifs is 1. The van der Waals surface area contributed by atoms with E-state index in [2.05, 4.69) is 16.5 Å². The summed E-state index contributed by atoms with van der Waals surface area (Å²) >= 11 is 0. The number of aromatic amines is 1. The molecule has 0 fully saturated rings. The Morgan fingerprint density at radius 2 is 1.93 bits per heavy atom. The Kier molecular flexibility index (Phi) is 4.85. The number of rotatable bonds is 5. The number of nitrogens with one attached hydrogen (secondary N) is 1. The molecule has 0 bridgehead atoms. The minimum atomic E-state index is -0.652. The van der Waals surface area contributed by atoms with E-state index < -0.39 is 17.1 Å². The molecule has 6 nitrogen and oxygen atoms in total. The first-order valence-corrected chi connectivity index (χ1v) is 8.41. The third kappa shape index (κ3) is 3.12. The second kappa shape index (κ2) is 7.11. The summed E-state index contributed by atoms with van der Waals surface area (Å²) in [6.07, 6.45) is 2.16. The molecule has 1 aromatic carbocycles. The van der Waals surface area contributed by atoms with Crippen LogP contribution in [-0.2, 0) is 6.54 Å². The quantitative estimate of drug-likeness (QED) is 0.555. The largest absolute Gasteiger partial charge is 0.330 e. The molecule has 3 aromatic rings. The first-order chi connectivity index (χ1) is 12.9. The fraction of sp³-hybridized carbons (Fsp3) is 0.200. The van der Waals surface area contributed by atoms with E-state index in [9.17, 15) is 18.8 Å². The van der Waals surface area contributed by atoms with Crippen LogP contribution >= 0.6 is 0 Å². The van der Waals surface area contributed by atoms with Gasteiger partial charge in [0.25, 0.3) is 5.56 Å². The lowest BCUT2D eigenvalue weighted by Crippen LogP contribution is -2.31. The standard InChI is InChI=1S/C20H18FN3O3/c1-4-9-24-18-16(19(26)23-20(24)27)15(12-5-7-13(21)8-6-12)14(10-25)17(22-18)11(2)3/h4-8,10-11H,1,9H2,2-3H3,(H,23,26,27). The fourth-order valence-corrected chi connectivity index (χ4v) is 3.11. The molecule has 7 heteroatoms. The van der Waals surface area contributed by atoms with Gasteiger partial charge in [-0.2, -0.15) is 0 Å². The molecule has 27 heavy (non-hydrogen) atoms. The number of H-pyrrole nitrogens is 1. The first-order valence-electron chi connectivity index (χ1n) is 8.41. The first kappa shape index (κ1) is 18.4. The van der Waals surface area contributed by atoms with Gasteiger partial charge in [0.15, 0.2) is 11.9 Å². The van der Waals surface area contributed by atoms with Crippen molar-refractivity contribution in [2.24, 2.45) is 0 Å². The average Bonchev–Trinajstić information content (AvgIpc) is 2.64. The SMILES string of the molecule is C=CCn1c(=O)[nH]c(=O)c2c(-c3ccc(F)cc3)c(C=O)c(C(C)C)nc21. The van der Waals surface area contributed by atoms with Gasteiger partial charge < -0.3 is 0 Å². The molecule has 0 saturated heterocycles. The Bertz CT molecular complexity index is 1160. The molecule has 1 N–H and O–H groups in total. The van der Waals surface area contributed by atoms with Crippen molar-refractivity contribution in [2.75, 3.05) is 0 Å². The van der Waals surface area contributed by atoms with Gasteiger partial charge in [0, 0.05) is 17.7 Å². The summed E-state index contributed by atoms with van der Waals surface area (Å²) in [5.74, 6) is -0.577. The number of carbonyl (C=O) groups excluding carboxylic acids is 1. The van der Waals surface area contributed by atoms with E-state index in [1.54, 1.807) is 0 Å². The molecule has 2 aromatic heterocycles. The van der Waals surface area contributed by atoms with Crippen LogP contribution in [0.5, 0.6) is 0 Å². The lowest BCUT2D eigenvalue weighted by atomic mass is 9.93. The lowest BCUT2D eigenvalue weighted by molar-refractivity contribution is 0.112. The molecule has 0 unspecified atom stereocenters. The Morgan fingerprint density at radius 1 is 1.26 bits per heavy atom. The molecule has 0 aliphatic heterocycles. The van der Waals surface area contributed by atoms with Crippen LogP contribution in [0.4, 0.5) is 4.39 Å². The Labute approximate surface area is 154 Å². The number of carbonyl (C=O) groups is 1. The molecular weight excluding hydrogens is 349 g/mol.